The molecule has 0 spiro atoms. The van der Waals surface area contributed by atoms with Gasteiger partial charge in [0, 0.05) is 12.6 Å². The van der Waals surface area contributed by atoms with E-state index in [1.807, 2.05) is 0 Å². The van der Waals surface area contributed by atoms with Crippen LogP contribution in [0.3, 0.4) is 0 Å². The zero-order chi connectivity index (χ0) is 15.3. The van der Waals surface area contributed by atoms with Gasteiger partial charge in [-0.05, 0) is 43.0 Å². The number of amides is 1. The summed E-state index contributed by atoms with van der Waals surface area (Å²) in [5.41, 5.74) is 4.73. The molecule has 5 heteroatoms. The van der Waals surface area contributed by atoms with Crippen LogP contribution in [0.15, 0.2) is 30.3 Å². The zero-order valence-corrected chi connectivity index (χ0v) is 13.8. The van der Waals surface area contributed by atoms with Crippen molar-refractivity contribution >= 4 is 12.0 Å². The van der Waals surface area contributed by atoms with Crippen LogP contribution in [-0.4, -0.2) is 24.1 Å². The van der Waals surface area contributed by atoms with Crippen molar-refractivity contribution in [1.29, 1.82) is 0 Å². The van der Waals surface area contributed by atoms with Gasteiger partial charge in [-0.1, -0.05) is 31.4 Å². The van der Waals surface area contributed by atoms with E-state index in [0.29, 0.717) is 0 Å². The molecule has 1 aromatic rings. The number of rotatable bonds is 10. The van der Waals surface area contributed by atoms with Crippen LogP contribution < -0.4 is 23.5 Å². The van der Waals surface area contributed by atoms with Gasteiger partial charge >= 0.3 is 0 Å². The summed E-state index contributed by atoms with van der Waals surface area (Å²) in [5, 5.41) is 12.0. The highest BCUT2D eigenvalue weighted by Crippen LogP contribution is 2.10. The number of aromatic hydroxyl groups is 1. The first kappa shape index (κ1) is 20.5. The highest BCUT2D eigenvalue weighted by Gasteiger charge is 1.96. The average molecular weight is 327 g/mol. The second kappa shape index (κ2) is 13.2. The Morgan fingerprint density at radius 3 is 2.27 bits per heavy atom. The van der Waals surface area contributed by atoms with Crippen LogP contribution >= 0.6 is 0 Å². The molecule has 0 aliphatic carbocycles. The Bertz CT molecular complexity index is 433. The maximum absolute atomic E-state index is 11.6. The molecule has 0 unspecified atom stereocenters. The smallest absolute Gasteiger partial charge is 0.243 e. The van der Waals surface area contributed by atoms with E-state index in [4.69, 9.17) is 5.11 Å². The van der Waals surface area contributed by atoms with Crippen LogP contribution in [0.5, 0.6) is 5.75 Å². The fourth-order valence-corrected chi connectivity index (χ4v) is 2.04. The highest BCUT2D eigenvalue weighted by molar-refractivity contribution is 5.91. The second-order valence-electron chi connectivity index (χ2n) is 5.19. The molecule has 0 bridgehead atoms. The van der Waals surface area contributed by atoms with Crippen molar-refractivity contribution < 1.29 is 28.0 Å². The lowest BCUT2D eigenvalue weighted by molar-refractivity contribution is -0.368. The minimum Gasteiger partial charge on any atom is -1.00 e. The molecular weight excluding hydrogens is 300 g/mol. The summed E-state index contributed by atoms with van der Waals surface area (Å²) in [7, 11) is 0. The minimum absolute atomic E-state index is 0. The van der Waals surface area contributed by atoms with Gasteiger partial charge in [0.05, 0.1) is 6.54 Å². The number of nitrogens with one attached hydrogen (secondary N) is 1. The fourth-order valence-electron chi connectivity index (χ4n) is 2.04. The van der Waals surface area contributed by atoms with Crippen molar-refractivity contribution in [3.63, 3.8) is 0 Å². The first-order valence-electron chi connectivity index (χ1n) is 7.76. The molecule has 0 radical (unpaired) electrons. The van der Waals surface area contributed by atoms with Crippen LogP contribution in [0.2, 0.25) is 0 Å². The van der Waals surface area contributed by atoms with Gasteiger partial charge in [0.15, 0.2) is 0 Å². The van der Waals surface area contributed by atoms with Crippen molar-refractivity contribution in [1.82, 2.24) is 5.32 Å². The first-order chi connectivity index (χ1) is 10.2. The molecule has 1 rings (SSSR count). The van der Waals surface area contributed by atoms with E-state index in [1.165, 1.54) is 38.2 Å². The van der Waals surface area contributed by atoms with Gasteiger partial charge in [-0.2, -0.15) is 0 Å². The average Bonchev–Trinajstić information content (AvgIpc) is 2.49. The third-order valence-corrected chi connectivity index (χ3v) is 3.30. The van der Waals surface area contributed by atoms with Gasteiger partial charge in [0.25, 0.3) is 0 Å². The Kier molecular flexibility index (Phi) is 12.3. The number of hydrogen-bond donors (Lipinski definition) is 3. The zero-order valence-electron chi connectivity index (χ0n) is 13.1. The molecule has 0 atom stereocenters. The Hall–Kier alpha value is -1.52. The van der Waals surface area contributed by atoms with Crippen LogP contribution in [0.4, 0.5) is 0 Å². The summed E-state index contributed by atoms with van der Waals surface area (Å²) < 4.78 is 0. The third-order valence-electron chi connectivity index (χ3n) is 3.30. The number of carbonyl (C=O) groups is 1. The Morgan fingerprint density at radius 2 is 1.64 bits per heavy atom. The van der Waals surface area contributed by atoms with E-state index in [-0.39, 0.29) is 24.1 Å². The van der Waals surface area contributed by atoms with Crippen molar-refractivity contribution in [3.8, 4) is 5.75 Å². The predicted octanol–water partition coefficient (Wildman–Crippen LogP) is -0.892. The van der Waals surface area contributed by atoms with E-state index in [0.717, 1.165) is 25.1 Å². The molecule has 0 fully saturated rings. The Balaban J connectivity index is 0.00000441. The highest BCUT2D eigenvalue weighted by atomic mass is 35.5. The normalized spacial score (nSPS) is 10.4. The number of quaternary nitrogens is 1. The summed E-state index contributed by atoms with van der Waals surface area (Å²) in [6.07, 6.45) is 10.5. The molecule has 1 aromatic carbocycles. The summed E-state index contributed by atoms with van der Waals surface area (Å²) >= 11 is 0. The topological polar surface area (TPSA) is 77.0 Å². The van der Waals surface area contributed by atoms with Gasteiger partial charge in [0.2, 0.25) is 5.91 Å². The number of carbonyl (C=O) groups excluding carboxylic acids is 1. The molecule has 0 aliphatic rings. The number of phenols is 1. The number of phenolic OH excluding ortho intramolecular Hbond substituents is 1. The minimum atomic E-state index is -0.0693. The number of benzene rings is 1. The largest absolute Gasteiger partial charge is 1.00 e. The van der Waals surface area contributed by atoms with Gasteiger partial charge in [-0.25, -0.2) is 0 Å². The fraction of sp³-hybridized carbons (Fsp3) is 0.471. The van der Waals surface area contributed by atoms with Gasteiger partial charge in [-0.3, -0.25) is 4.79 Å². The lowest BCUT2D eigenvalue weighted by Crippen LogP contribution is -3.00. The van der Waals surface area contributed by atoms with Crippen molar-refractivity contribution in [2.45, 2.75) is 38.5 Å². The van der Waals surface area contributed by atoms with E-state index in [2.05, 4.69) is 11.1 Å². The van der Waals surface area contributed by atoms with Crippen molar-refractivity contribution in [2.24, 2.45) is 0 Å². The van der Waals surface area contributed by atoms with Gasteiger partial charge in [-0.15, -0.1) is 0 Å². The van der Waals surface area contributed by atoms with E-state index in [1.54, 1.807) is 30.3 Å². The molecule has 124 valence electrons. The lowest BCUT2D eigenvalue weighted by Gasteiger charge is -2.02. The molecule has 5 N–H and O–H groups in total. The standard InChI is InChI=1S/C17H26N2O2.ClH/c18-13-5-3-1-2-4-6-14-19-17(21)12-9-15-7-10-16(20)11-8-15;/h7-12,20H,1-6,13-14,18H2,(H,19,21);1H/b12-9+;. The van der Waals surface area contributed by atoms with Crippen LogP contribution in [0.1, 0.15) is 44.1 Å². The third kappa shape index (κ3) is 10.2. The molecule has 0 saturated heterocycles. The molecule has 1 amide bonds. The first-order valence-corrected chi connectivity index (χ1v) is 7.76. The van der Waals surface area contributed by atoms with Gasteiger partial charge in [0.1, 0.15) is 5.75 Å². The summed E-state index contributed by atoms with van der Waals surface area (Å²) in [5.74, 6) is 0.159. The number of hydrogen-bond acceptors (Lipinski definition) is 2. The van der Waals surface area contributed by atoms with E-state index in [9.17, 15) is 4.79 Å². The van der Waals surface area contributed by atoms with Crippen LogP contribution in [0.25, 0.3) is 6.08 Å². The van der Waals surface area contributed by atoms with E-state index >= 15 is 0 Å². The molecule has 0 saturated carbocycles. The van der Waals surface area contributed by atoms with Crippen LogP contribution in [0, 0.1) is 0 Å². The second-order valence-corrected chi connectivity index (χ2v) is 5.19. The molecule has 4 nitrogen and oxygen atoms in total. The van der Waals surface area contributed by atoms with Crippen molar-refractivity contribution in [2.75, 3.05) is 13.1 Å². The number of halogens is 1. The summed E-state index contributed by atoms with van der Waals surface area (Å²) in [4.78, 5) is 11.6. The molecule has 22 heavy (non-hydrogen) atoms. The molecular formula is C17H27ClN2O2. The number of unbranched alkanes of at least 4 members (excludes halogenated alkanes) is 5. The molecule has 0 aromatic heterocycles. The van der Waals surface area contributed by atoms with Gasteiger partial charge < -0.3 is 28.6 Å². The lowest BCUT2D eigenvalue weighted by atomic mass is 10.1. The van der Waals surface area contributed by atoms with Crippen LogP contribution in [-0.2, 0) is 4.79 Å². The maximum atomic E-state index is 11.6. The predicted molar refractivity (Wildman–Crippen MR) is 85.6 cm³/mol. The van der Waals surface area contributed by atoms with E-state index < -0.39 is 0 Å². The monoisotopic (exact) mass is 326 g/mol. The Labute approximate surface area is 139 Å². The SMILES string of the molecule is [Cl-].[NH3+]CCCCCCCCNC(=O)/C=C/c1ccc(O)cc1. The molecule has 0 aliphatic heterocycles. The van der Waals surface area contributed by atoms with Crippen molar-refractivity contribution in [3.05, 3.63) is 35.9 Å². The summed E-state index contributed by atoms with van der Waals surface area (Å²) in [6.45, 7) is 1.76. The molecule has 0 heterocycles. The maximum Gasteiger partial charge on any atom is 0.243 e. The quantitative estimate of drug-likeness (QED) is 0.385. The Morgan fingerprint density at radius 1 is 1.05 bits per heavy atom. The summed E-state index contributed by atoms with van der Waals surface area (Å²) in [6, 6.07) is 6.74.